The van der Waals surface area contributed by atoms with Crippen molar-refractivity contribution in [2.75, 3.05) is 6.61 Å². The van der Waals surface area contributed by atoms with Crippen LogP contribution in [0.25, 0.3) is 0 Å². The van der Waals surface area contributed by atoms with E-state index in [1.54, 1.807) is 0 Å². The lowest BCUT2D eigenvalue weighted by atomic mass is 10.1. The molecule has 0 spiro atoms. The number of rotatable bonds is 7. The second kappa shape index (κ2) is 7.86. The number of amides is 1. The summed E-state index contributed by atoms with van der Waals surface area (Å²) in [6.07, 6.45) is 0.361. The highest BCUT2D eigenvalue weighted by Crippen LogP contribution is 2.15. The van der Waals surface area contributed by atoms with Crippen LogP contribution in [-0.4, -0.2) is 12.5 Å². The lowest BCUT2D eigenvalue weighted by molar-refractivity contribution is -0.120. The van der Waals surface area contributed by atoms with Crippen molar-refractivity contribution >= 4 is 5.91 Å². The molecular formula is C19H25NO3. The second-order valence-corrected chi connectivity index (χ2v) is 6.24. The molecule has 1 aromatic carbocycles. The van der Waals surface area contributed by atoms with Gasteiger partial charge in [-0.2, -0.15) is 0 Å². The highest BCUT2D eigenvalue weighted by molar-refractivity contribution is 5.78. The Morgan fingerprint density at radius 3 is 2.48 bits per heavy atom. The molecule has 0 unspecified atom stereocenters. The van der Waals surface area contributed by atoms with Gasteiger partial charge in [-0.3, -0.25) is 4.79 Å². The van der Waals surface area contributed by atoms with Gasteiger partial charge in [-0.1, -0.05) is 26.0 Å². The number of hydrogen-bond donors (Lipinski definition) is 1. The fraction of sp³-hybridized carbons (Fsp3) is 0.421. The van der Waals surface area contributed by atoms with Gasteiger partial charge in [0.25, 0.3) is 0 Å². The zero-order valence-corrected chi connectivity index (χ0v) is 14.3. The summed E-state index contributed by atoms with van der Waals surface area (Å²) in [6.45, 7) is 9.23. The monoisotopic (exact) mass is 315 g/mol. The molecule has 0 fully saturated rings. The van der Waals surface area contributed by atoms with Crippen LogP contribution in [0, 0.1) is 19.8 Å². The fourth-order valence-electron chi connectivity index (χ4n) is 2.27. The van der Waals surface area contributed by atoms with E-state index in [9.17, 15) is 4.79 Å². The van der Waals surface area contributed by atoms with E-state index in [1.807, 2.05) is 44.2 Å². The first-order valence-corrected chi connectivity index (χ1v) is 7.98. The number of nitrogens with one attached hydrogen (secondary N) is 1. The average molecular weight is 315 g/mol. The molecule has 2 aromatic rings. The summed E-state index contributed by atoms with van der Waals surface area (Å²) in [5, 5.41) is 2.93. The molecule has 0 radical (unpaired) electrons. The molecule has 0 aliphatic heterocycles. The van der Waals surface area contributed by atoms with Crippen molar-refractivity contribution in [3.05, 3.63) is 53.0 Å². The maximum absolute atomic E-state index is 12.0. The molecular weight excluding hydrogens is 290 g/mol. The first-order valence-electron chi connectivity index (χ1n) is 7.98. The van der Waals surface area contributed by atoms with Crippen molar-refractivity contribution in [2.24, 2.45) is 5.92 Å². The van der Waals surface area contributed by atoms with Gasteiger partial charge in [0.1, 0.15) is 17.3 Å². The molecule has 0 aliphatic carbocycles. The van der Waals surface area contributed by atoms with Crippen LogP contribution in [0.5, 0.6) is 5.75 Å². The number of ether oxygens (including phenoxy) is 1. The van der Waals surface area contributed by atoms with Gasteiger partial charge in [0, 0.05) is 12.1 Å². The van der Waals surface area contributed by atoms with Gasteiger partial charge in [0.05, 0.1) is 13.0 Å². The minimum atomic E-state index is -0.000832. The first kappa shape index (κ1) is 17.1. The molecule has 4 nitrogen and oxygen atoms in total. The molecule has 2 rings (SSSR count). The van der Waals surface area contributed by atoms with E-state index in [0.29, 0.717) is 25.5 Å². The summed E-state index contributed by atoms with van der Waals surface area (Å²) in [7, 11) is 0. The van der Waals surface area contributed by atoms with E-state index in [1.165, 1.54) is 0 Å². The largest absolute Gasteiger partial charge is 0.493 e. The third kappa shape index (κ3) is 5.47. The van der Waals surface area contributed by atoms with Crippen LogP contribution in [0.3, 0.4) is 0 Å². The van der Waals surface area contributed by atoms with E-state index in [2.05, 4.69) is 19.2 Å². The predicted molar refractivity (Wildman–Crippen MR) is 90.5 cm³/mol. The number of hydrogen-bond acceptors (Lipinski definition) is 3. The van der Waals surface area contributed by atoms with Crippen LogP contribution in [0.1, 0.15) is 36.5 Å². The van der Waals surface area contributed by atoms with Crippen molar-refractivity contribution in [3.63, 3.8) is 0 Å². The van der Waals surface area contributed by atoms with E-state index in [-0.39, 0.29) is 5.91 Å². The topological polar surface area (TPSA) is 51.5 Å². The number of aryl methyl sites for hydroxylation is 2. The summed E-state index contributed by atoms with van der Waals surface area (Å²) in [5.41, 5.74) is 1.99. The standard InChI is InChI=1S/C19H25NO3/c1-13(2)12-22-18-7-5-16(6-8-18)10-19(21)20-11-17-9-14(3)23-15(17)4/h5-9,13H,10-12H2,1-4H3,(H,20,21). The van der Waals surface area contributed by atoms with Gasteiger partial charge in [-0.25, -0.2) is 0 Å². The molecule has 0 bridgehead atoms. The maximum Gasteiger partial charge on any atom is 0.224 e. The fourth-order valence-corrected chi connectivity index (χ4v) is 2.27. The van der Waals surface area contributed by atoms with Crippen LogP contribution in [0.4, 0.5) is 0 Å². The Hall–Kier alpha value is -2.23. The van der Waals surface area contributed by atoms with Crippen LogP contribution >= 0.6 is 0 Å². The van der Waals surface area contributed by atoms with Gasteiger partial charge in [-0.05, 0) is 43.5 Å². The molecule has 0 saturated heterocycles. The summed E-state index contributed by atoms with van der Waals surface area (Å²) in [5.74, 6) is 3.06. The maximum atomic E-state index is 12.0. The quantitative estimate of drug-likeness (QED) is 0.845. The molecule has 124 valence electrons. The van der Waals surface area contributed by atoms with Gasteiger partial charge < -0.3 is 14.5 Å². The number of benzene rings is 1. The molecule has 1 N–H and O–H groups in total. The second-order valence-electron chi connectivity index (χ2n) is 6.24. The highest BCUT2D eigenvalue weighted by Gasteiger charge is 2.08. The summed E-state index contributed by atoms with van der Waals surface area (Å²) < 4.78 is 11.1. The third-order valence-electron chi connectivity index (χ3n) is 3.49. The summed E-state index contributed by atoms with van der Waals surface area (Å²) in [4.78, 5) is 12.0. The zero-order valence-electron chi connectivity index (χ0n) is 14.3. The van der Waals surface area contributed by atoms with Crippen molar-refractivity contribution in [1.82, 2.24) is 5.32 Å². The van der Waals surface area contributed by atoms with Crippen LogP contribution in [0.15, 0.2) is 34.7 Å². The molecule has 0 aliphatic rings. The molecule has 1 heterocycles. The minimum Gasteiger partial charge on any atom is -0.493 e. The van der Waals surface area contributed by atoms with Crippen LogP contribution < -0.4 is 10.1 Å². The Morgan fingerprint density at radius 2 is 1.91 bits per heavy atom. The van der Waals surface area contributed by atoms with Crippen molar-refractivity contribution in [3.8, 4) is 5.75 Å². The van der Waals surface area contributed by atoms with E-state index >= 15 is 0 Å². The summed E-state index contributed by atoms with van der Waals surface area (Å²) >= 11 is 0. The first-order chi connectivity index (χ1) is 10.9. The predicted octanol–water partition coefficient (Wildman–Crippen LogP) is 3.79. The van der Waals surface area contributed by atoms with Crippen molar-refractivity contribution < 1.29 is 13.9 Å². The Labute approximate surface area is 137 Å². The van der Waals surface area contributed by atoms with Crippen molar-refractivity contribution in [1.29, 1.82) is 0 Å². The molecule has 1 aromatic heterocycles. The Morgan fingerprint density at radius 1 is 1.22 bits per heavy atom. The molecule has 1 amide bonds. The van der Waals surface area contributed by atoms with E-state index in [4.69, 9.17) is 9.15 Å². The Kier molecular flexibility index (Phi) is 5.85. The van der Waals surface area contributed by atoms with Crippen LogP contribution in [0.2, 0.25) is 0 Å². The summed E-state index contributed by atoms with van der Waals surface area (Å²) in [6, 6.07) is 9.64. The van der Waals surface area contributed by atoms with Crippen molar-refractivity contribution in [2.45, 2.75) is 40.7 Å². The SMILES string of the molecule is Cc1cc(CNC(=O)Cc2ccc(OCC(C)C)cc2)c(C)o1. The lowest BCUT2D eigenvalue weighted by Crippen LogP contribution is -2.24. The van der Waals surface area contributed by atoms with Crippen LogP contribution in [-0.2, 0) is 17.8 Å². The van der Waals surface area contributed by atoms with E-state index in [0.717, 1.165) is 28.4 Å². The van der Waals surface area contributed by atoms with Gasteiger partial charge >= 0.3 is 0 Å². The average Bonchev–Trinajstić information content (AvgIpc) is 2.82. The normalized spacial score (nSPS) is 10.8. The lowest BCUT2D eigenvalue weighted by Gasteiger charge is -2.09. The zero-order chi connectivity index (χ0) is 16.8. The van der Waals surface area contributed by atoms with E-state index < -0.39 is 0 Å². The van der Waals surface area contributed by atoms with Gasteiger partial charge in [0.2, 0.25) is 5.91 Å². The van der Waals surface area contributed by atoms with Gasteiger partial charge in [-0.15, -0.1) is 0 Å². The molecule has 4 heteroatoms. The smallest absolute Gasteiger partial charge is 0.224 e. The van der Waals surface area contributed by atoms with Gasteiger partial charge in [0.15, 0.2) is 0 Å². The Balaban J connectivity index is 1.82. The number of furan rings is 1. The minimum absolute atomic E-state index is 0.000832. The Bertz CT molecular complexity index is 641. The third-order valence-corrected chi connectivity index (χ3v) is 3.49. The highest BCUT2D eigenvalue weighted by atomic mass is 16.5. The molecule has 0 saturated carbocycles. The number of carbonyl (C=O) groups is 1. The molecule has 0 atom stereocenters. The molecule has 23 heavy (non-hydrogen) atoms. The number of carbonyl (C=O) groups excluding carboxylic acids is 1.